The van der Waals surface area contributed by atoms with E-state index in [-0.39, 0.29) is 0 Å². The number of anilines is 1. The van der Waals surface area contributed by atoms with E-state index < -0.39 is 0 Å². The Labute approximate surface area is 123 Å². The van der Waals surface area contributed by atoms with Crippen molar-refractivity contribution in [1.82, 2.24) is 15.2 Å². The van der Waals surface area contributed by atoms with Gasteiger partial charge in [-0.25, -0.2) is 0 Å². The quantitative estimate of drug-likeness (QED) is 0.818. The average Bonchev–Trinajstić information content (AvgIpc) is 2.44. The van der Waals surface area contributed by atoms with Crippen LogP contribution in [0.4, 0.5) is 5.82 Å². The van der Waals surface area contributed by atoms with Crippen LogP contribution in [0.1, 0.15) is 17.5 Å². The number of nitrogens with two attached hydrogens (primary N) is 1. The highest BCUT2D eigenvalue weighted by molar-refractivity contribution is 7.80. The fourth-order valence-electron chi connectivity index (χ4n) is 1.84. The molecule has 104 valence electrons. The van der Waals surface area contributed by atoms with Crippen LogP contribution >= 0.6 is 12.2 Å². The van der Waals surface area contributed by atoms with Gasteiger partial charge in [-0.1, -0.05) is 18.3 Å². The lowest BCUT2D eigenvalue weighted by Crippen LogP contribution is -2.28. The van der Waals surface area contributed by atoms with Gasteiger partial charge in [0.1, 0.15) is 0 Å². The lowest BCUT2D eigenvalue weighted by atomic mass is 10.2. The van der Waals surface area contributed by atoms with E-state index in [0.29, 0.717) is 24.5 Å². The molecule has 0 saturated heterocycles. The molecule has 0 aromatic carbocycles. The van der Waals surface area contributed by atoms with Gasteiger partial charge in [0.15, 0.2) is 5.82 Å². The highest BCUT2D eigenvalue weighted by Crippen LogP contribution is 2.15. The Morgan fingerprint density at radius 1 is 1.40 bits per heavy atom. The lowest BCUT2D eigenvalue weighted by Gasteiger charge is -2.23. The Hall–Kier alpha value is -2.08. The normalized spacial score (nSPS) is 10.2. The number of hydrogen-bond acceptors (Lipinski definition) is 5. The van der Waals surface area contributed by atoms with Crippen molar-refractivity contribution < 1.29 is 0 Å². The third-order valence-electron chi connectivity index (χ3n) is 2.83. The zero-order valence-electron chi connectivity index (χ0n) is 11.4. The molecular weight excluding hydrogens is 270 g/mol. The maximum Gasteiger partial charge on any atom is 0.151 e. The third-order valence-corrected chi connectivity index (χ3v) is 3.03. The van der Waals surface area contributed by atoms with Crippen molar-refractivity contribution in [3.05, 3.63) is 47.9 Å². The largest absolute Gasteiger partial charge is 0.393 e. The van der Waals surface area contributed by atoms with Gasteiger partial charge in [-0.15, -0.1) is 5.10 Å². The van der Waals surface area contributed by atoms with Gasteiger partial charge in [-0.2, -0.15) is 5.10 Å². The number of aryl methyl sites for hydroxylation is 1. The van der Waals surface area contributed by atoms with Crippen LogP contribution in [0, 0.1) is 6.92 Å². The number of nitrogens with zero attached hydrogens (tertiary/aromatic N) is 4. The molecule has 0 amide bonds. The Kier molecular flexibility index (Phi) is 4.95. The van der Waals surface area contributed by atoms with E-state index in [1.807, 2.05) is 31.3 Å². The molecule has 2 N–H and O–H groups in total. The van der Waals surface area contributed by atoms with Crippen molar-refractivity contribution in [1.29, 1.82) is 0 Å². The number of aromatic nitrogens is 3. The second-order valence-electron chi connectivity index (χ2n) is 4.59. The molecule has 2 rings (SSSR count). The van der Waals surface area contributed by atoms with Crippen LogP contribution in [0.2, 0.25) is 0 Å². The van der Waals surface area contributed by atoms with Gasteiger partial charge < -0.3 is 10.6 Å². The summed E-state index contributed by atoms with van der Waals surface area (Å²) in [5.41, 5.74) is 7.78. The van der Waals surface area contributed by atoms with Gasteiger partial charge in [0, 0.05) is 31.9 Å². The Balaban J connectivity index is 2.18. The first-order valence-electron chi connectivity index (χ1n) is 6.36. The van der Waals surface area contributed by atoms with E-state index in [0.717, 1.165) is 16.9 Å². The molecule has 20 heavy (non-hydrogen) atoms. The van der Waals surface area contributed by atoms with Gasteiger partial charge in [-0.05, 0) is 30.2 Å². The summed E-state index contributed by atoms with van der Waals surface area (Å²) >= 11 is 4.96. The standard InChI is InChI=1S/C14H17N5S/c1-11-7-14(18-17-8-11)19(6-4-13(15)20)10-12-3-2-5-16-9-12/h2-3,5,7-9H,4,6,10H2,1H3,(H2,15,20). The average molecular weight is 287 g/mol. The number of pyridine rings is 1. The molecule has 5 nitrogen and oxygen atoms in total. The monoisotopic (exact) mass is 287 g/mol. The van der Waals surface area contributed by atoms with Crippen LogP contribution in [-0.4, -0.2) is 26.7 Å². The molecule has 0 aliphatic heterocycles. The third kappa shape index (κ3) is 4.24. The molecule has 2 aromatic rings. The van der Waals surface area contributed by atoms with Crippen LogP contribution < -0.4 is 10.6 Å². The van der Waals surface area contributed by atoms with Gasteiger partial charge in [0.25, 0.3) is 0 Å². The van der Waals surface area contributed by atoms with Crippen LogP contribution in [0.25, 0.3) is 0 Å². The Morgan fingerprint density at radius 2 is 2.25 bits per heavy atom. The summed E-state index contributed by atoms with van der Waals surface area (Å²) in [6.45, 7) is 3.41. The van der Waals surface area contributed by atoms with Crippen LogP contribution in [-0.2, 0) is 6.54 Å². The molecule has 0 aliphatic rings. The lowest BCUT2D eigenvalue weighted by molar-refractivity contribution is 0.772. The van der Waals surface area contributed by atoms with Gasteiger partial charge >= 0.3 is 0 Å². The molecule has 0 spiro atoms. The molecule has 2 aromatic heterocycles. The highest BCUT2D eigenvalue weighted by atomic mass is 32.1. The fourth-order valence-corrected chi connectivity index (χ4v) is 1.93. The first-order chi connectivity index (χ1) is 9.65. The fraction of sp³-hybridized carbons (Fsp3) is 0.286. The van der Waals surface area contributed by atoms with Gasteiger partial charge in [-0.3, -0.25) is 4.98 Å². The van der Waals surface area contributed by atoms with E-state index in [9.17, 15) is 0 Å². The van der Waals surface area contributed by atoms with E-state index in [1.54, 1.807) is 12.4 Å². The summed E-state index contributed by atoms with van der Waals surface area (Å²) in [7, 11) is 0. The summed E-state index contributed by atoms with van der Waals surface area (Å²) < 4.78 is 0. The van der Waals surface area contributed by atoms with Crippen LogP contribution in [0.3, 0.4) is 0 Å². The Morgan fingerprint density at radius 3 is 2.90 bits per heavy atom. The van der Waals surface area contributed by atoms with Crippen molar-refractivity contribution in [2.45, 2.75) is 19.9 Å². The minimum atomic E-state index is 0.502. The first-order valence-corrected chi connectivity index (χ1v) is 6.77. The minimum Gasteiger partial charge on any atom is -0.393 e. The van der Waals surface area contributed by atoms with E-state index in [2.05, 4.69) is 20.1 Å². The second-order valence-corrected chi connectivity index (χ2v) is 5.11. The Bertz CT molecular complexity index is 573. The highest BCUT2D eigenvalue weighted by Gasteiger charge is 2.10. The summed E-state index contributed by atoms with van der Waals surface area (Å²) in [5.74, 6) is 0.824. The van der Waals surface area contributed by atoms with Crippen LogP contribution in [0.15, 0.2) is 36.8 Å². The minimum absolute atomic E-state index is 0.502. The summed E-state index contributed by atoms with van der Waals surface area (Å²) in [6.07, 6.45) is 5.98. The zero-order valence-corrected chi connectivity index (χ0v) is 12.2. The van der Waals surface area contributed by atoms with Gasteiger partial charge in [0.2, 0.25) is 0 Å². The second kappa shape index (κ2) is 6.91. The maximum atomic E-state index is 5.60. The molecular formula is C14H17N5S. The summed E-state index contributed by atoms with van der Waals surface area (Å²) in [4.78, 5) is 6.74. The topological polar surface area (TPSA) is 67.9 Å². The van der Waals surface area contributed by atoms with Crippen LogP contribution in [0.5, 0.6) is 0 Å². The zero-order chi connectivity index (χ0) is 14.4. The smallest absolute Gasteiger partial charge is 0.151 e. The molecule has 0 unspecified atom stereocenters. The number of rotatable bonds is 6. The van der Waals surface area contributed by atoms with Crippen molar-refractivity contribution in [3.63, 3.8) is 0 Å². The number of hydrogen-bond donors (Lipinski definition) is 1. The van der Waals surface area contributed by atoms with E-state index in [1.165, 1.54) is 0 Å². The summed E-state index contributed by atoms with van der Waals surface area (Å²) in [5, 5.41) is 8.19. The van der Waals surface area contributed by atoms with Gasteiger partial charge in [0.05, 0.1) is 11.2 Å². The molecule has 0 atom stereocenters. The molecule has 0 radical (unpaired) electrons. The molecule has 0 saturated carbocycles. The van der Waals surface area contributed by atoms with Crippen molar-refractivity contribution in [2.24, 2.45) is 5.73 Å². The summed E-state index contributed by atoms with van der Waals surface area (Å²) in [6, 6.07) is 5.95. The first kappa shape index (κ1) is 14.3. The predicted molar refractivity (Wildman–Crippen MR) is 83.5 cm³/mol. The molecule has 0 fully saturated rings. The SMILES string of the molecule is Cc1cnnc(N(CCC(N)=S)Cc2cccnc2)c1. The van der Waals surface area contributed by atoms with E-state index >= 15 is 0 Å². The molecule has 0 bridgehead atoms. The number of thiocarbonyl (C=S) groups is 1. The molecule has 2 heterocycles. The van der Waals surface area contributed by atoms with E-state index in [4.69, 9.17) is 18.0 Å². The molecule has 0 aliphatic carbocycles. The van der Waals surface area contributed by atoms with Crippen molar-refractivity contribution in [3.8, 4) is 0 Å². The van der Waals surface area contributed by atoms with Crippen molar-refractivity contribution in [2.75, 3.05) is 11.4 Å². The predicted octanol–water partition coefficient (Wildman–Crippen LogP) is 1.86. The van der Waals surface area contributed by atoms with Crippen molar-refractivity contribution >= 4 is 23.0 Å². The molecule has 6 heteroatoms. The maximum absolute atomic E-state index is 5.60.